The number of piperidine rings is 2. The van der Waals surface area contributed by atoms with E-state index in [9.17, 15) is 14.4 Å². The summed E-state index contributed by atoms with van der Waals surface area (Å²) >= 11 is 0. The monoisotopic (exact) mass is 384 g/mol. The topological polar surface area (TPSA) is 95.7 Å². The number of nitrogens with two attached hydrogens (primary N) is 1. The zero-order chi connectivity index (χ0) is 19.8. The Kier molecular flexibility index (Phi) is 5.21. The van der Waals surface area contributed by atoms with Gasteiger partial charge in [0.25, 0.3) is 5.91 Å². The molecule has 0 spiro atoms. The minimum atomic E-state index is -0.564. The van der Waals surface area contributed by atoms with Crippen LogP contribution in [0.15, 0.2) is 18.2 Å². The van der Waals surface area contributed by atoms with Gasteiger partial charge in [-0.3, -0.25) is 24.6 Å². The Balaban J connectivity index is 1.50. The molecule has 3 unspecified atom stereocenters. The number of imide groups is 1. The van der Waals surface area contributed by atoms with Crippen molar-refractivity contribution in [3.05, 3.63) is 34.9 Å². The van der Waals surface area contributed by atoms with Crippen LogP contribution in [0.5, 0.6) is 0 Å². The molecule has 2 fully saturated rings. The van der Waals surface area contributed by atoms with E-state index in [1.165, 1.54) is 0 Å². The Bertz CT molecular complexity index is 809. The molecule has 4 rings (SSSR count). The first-order valence-corrected chi connectivity index (χ1v) is 10.2. The van der Waals surface area contributed by atoms with Crippen LogP contribution < -0.4 is 11.1 Å². The molecule has 1 aromatic carbocycles. The van der Waals surface area contributed by atoms with E-state index in [0.717, 1.165) is 43.7 Å². The Morgan fingerprint density at radius 3 is 2.75 bits per heavy atom. The van der Waals surface area contributed by atoms with Gasteiger partial charge in [-0.15, -0.1) is 0 Å². The molecule has 0 aliphatic carbocycles. The van der Waals surface area contributed by atoms with Crippen LogP contribution in [0.2, 0.25) is 0 Å². The maximum absolute atomic E-state index is 12.9. The van der Waals surface area contributed by atoms with Crippen molar-refractivity contribution in [3.8, 4) is 0 Å². The summed E-state index contributed by atoms with van der Waals surface area (Å²) in [5.41, 5.74) is 8.73. The lowest BCUT2D eigenvalue weighted by molar-refractivity contribution is -0.136. The molecule has 1 aromatic rings. The Labute approximate surface area is 165 Å². The molecule has 0 saturated carbocycles. The maximum atomic E-state index is 12.9. The Hall–Kier alpha value is -2.25. The van der Waals surface area contributed by atoms with Crippen molar-refractivity contribution in [2.24, 2.45) is 17.6 Å². The fraction of sp³-hybridized carbons (Fsp3) is 0.571. The summed E-state index contributed by atoms with van der Waals surface area (Å²) < 4.78 is 0. The van der Waals surface area contributed by atoms with Gasteiger partial charge < -0.3 is 10.6 Å². The van der Waals surface area contributed by atoms with Crippen molar-refractivity contribution >= 4 is 17.7 Å². The number of nitrogens with one attached hydrogen (secondary N) is 1. The second-order valence-electron chi connectivity index (χ2n) is 8.34. The highest BCUT2D eigenvalue weighted by Gasteiger charge is 2.40. The first-order chi connectivity index (χ1) is 13.5. The molecule has 3 amide bonds. The zero-order valence-corrected chi connectivity index (χ0v) is 16.3. The molecule has 3 aliphatic rings. The third kappa shape index (κ3) is 3.44. The maximum Gasteiger partial charge on any atom is 0.255 e. The minimum absolute atomic E-state index is 0.110. The highest BCUT2D eigenvalue weighted by molar-refractivity contribution is 6.05. The third-order valence-electron chi connectivity index (χ3n) is 6.54. The van der Waals surface area contributed by atoms with Gasteiger partial charge in [0.2, 0.25) is 11.8 Å². The number of likely N-dealkylation sites (tertiary alicyclic amines) is 1. The number of fused-ring (bicyclic) bond motifs is 1. The molecule has 0 bridgehead atoms. The van der Waals surface area contributed by atoms with Crippen molar-refractivity contribution in [2.45, 2.75) is 45.3 Å². The molecule has 0 aromatic heterocycles. The summed E-state index contributed by atoms with van der Waals surface area (Å²) in [5.74, 6) is 0.416. The summed E-state index contributed by atoms with van der Waals surface area (Å²) in [6, 6.07) is 5.29. The Morgan fingerprint density at radius 1 is 1.21 bits per heavy atom. The van der Waals surface area contributed by atoms with Crippen LogP contribution in [0.4, 0.5) is 0 Å². The highest BCUT2D eigenvalue weighted by Crippen LogP contribution is 2.31. The minimum Gasteiger partial charge on any atom is -0.330 e. The second kappa shape index (κ2) is 7.64. The lowest BCUT2D eigenvalue weighted by atomic mass is 9.86. The van der Waals surface area contributed by atoms with Crippen LogP contribution in [-0.4, -0.2) is 53.2 Å². The quantitative estimate of drug-likeness (QED) is 0.751. The van der Waals surface area contributed by atoms with Crippen molar-refractivity contribution in [2.75, 3.05) is 19.6 Å². The van der Waals surface area contributed by atoms with Crippen LogP contribution >= 0.6 is 0 Å². The molecular weight excluding hydrogens is 356 g/mol. The molecule has 7 heteroatoms. The third-order valence-corrected chi connectivity index (χ3v) is 6.54. The number of rotatable bonds is 4. The molecule has 3 aliphatic heterocycles. The van der Waals surface area contributed by atoms with E-state index in [1.807, 2.05) is 12.1 Å². The van der Waals surface area contributed by atoms with E-state index in [-0.39, 0.29) is 24.1 Å². The first-order valence-electron chi connectivity index (χ1n) is 10.2. The molecular formula is C21H28N4O3. The first kappa shape index (κ1) is 19.1. The van der Waals surface area contributed by atoms with Gasteiger partial charge in [-0.25, -0.2) is 0 Å². The number of carbonyl (C=O) groups is 3. The van der Waals surface area contributed by atoms with Gasteiger partial charge in [0.05, 0.1) is 0 Å². The summed E-state index contributed by atoms with van der Waals surface area (Å²) in [7, 11) is 0. The number of benzene rings is 1. The van der Waals surface area contributed by atoms with E-state index >= 15 is 0 Å². The molecule has 28 heavy (non-hydrogen) atoms. The largest absolute Gasteiger partial charge is 0.330 e. The molecule has 3 heterocycles. The van der Waals surface area contributed by atoms with Crippen LogP contribution in [0, 0.1) is 11.8 Å². The van der Waals surface area contributed by atoms with Gasteiger partial charge >= 0.3 is 0 Å². The lowest BCUT2D eigenvalue weighted by Crippen LogP contribution is -2.52. The normalized spacial score (nSPS) is 28.4. The molecule has 2 saturated heterocycles. The zero-order valence-electron chi connectivity index (χ0n) is 16.3. The predicted octanol–water partition coefficient (Wildman–Crippen LogP) is 0.864. The average Bonchev–Trinajstić information content (AvgIpc) is 3.00. The molecule has 3 atom stereocenters. The van der Waals surface area contributed by atoms with Gasteiger partial charge in [-0.2, -0.15) is 0 Å². The van der Waals surface area contributed by atoms with Gasteiger partial charge in [-0.1, -0.05) is 19.1 Å². The summed E-state index contributed by atoms with van der Waals surface area (Å²) in [6.45, 7) is 6.27. The molecule has 150 valence electrons. The van der Waals surface area contributed by atoms with Crippen LogP contribution in [0.1, 0.15) is 47.7 Å². The Morgan fingerprint density at radius 2 is 2.04 bits per heavy atom. The van der Waals surface area contributed by atoms with Crippen LogP contribution in [0.25, 0.3) is 0 Å². The van der Waals surface area contributed by atoms with Gasteiger partial charge in [-0.05, 0) is 55.0 Å². The predicted molar refractivity (Wildman–Crippen MR) is 104 cm³/mol. The number of carbonyl (C=O) groups excluding carboxylic acids is 3. The van der Waals surface area contributed by atoms with Crippen LogP contribution in [0.3, 0.4) is 0 Å². The van der Waals surface area contributed by atoms with Crippen molar-refractivity contribution in [1.29, 1.82) is 0 Å². The fourth-order valence-electron chi connectivity index (χ4n) is 4.81. The van der Waals surface area contributed by atoms with E-state index in [2.05, 4.69) is 23.2 Å². The van der Waals surface area contributed by atoms with Gasteiger partial charge in [0.15, 0.2) is 0 Å². The summed E-state index contributed by atoms with van der Waals surface area (Å²) in [5, 5.41) is 2.36. The smallest absolute Gasteiger partial charge is 0.255 e. The average molecular weight is 384 g/mol. The number of amides is 3. The van der Waals surface area contributed by atoms with Gasteiger partial charge in [0.1, 0.15) is 6.04 Å². The summed E-state index contributed by atoms with van der Waals surface area (Å²) in [6.07, 6.45) is 1.77. The van der Waals surface area contributed by atoms with E-state index in [4.69, 9.17) is 5.73 Å². The van der Waals surface area contributed by atoms with Crippen LogP contribution in [-0.2, 0) is 22.7 Å². The van der Waals surface area contributed by atoms with Crippen molar-refractivity contribution in [1.82, 2.24) is 15.1 Å². The molecule has 3 N–H and O–H groups in total. The highest BCUT2D eigenvalue weighted by atomic mass is 16.2. The fourth-order valence-corrected chi connectivity index (χ4v) is 4.81. The van der Waals surface area contributed by atoms with E-state index < -0.39 is 6.04 Å². The molecule has 7 nitrogen and oxygen atoms in total. The standard InChI is InChI=1S/C21H28N4O3/c1-13-10-24(8-7-14(13)9-22)11-15-3-2-4-16-17(15)12-25(21(16)28)18-5-6-19(26)23-20(18)27/h2-4,13-14,18H,5-12,22H2,1H3,(H,23,26,27). The van der Waals surface area contributed by atoms with Gasteiger partial charge in [0, 0.05) is 31.6 Å². The number of hydrogen-bond acceptors (Lipinski definition) is 5. The number of nitrogens with zero attached hydrogens (tertiary/aromatic N) is 2. The van der Waals surface area contributed by atoms with E-state index in [0.29, 0.717) is 30.4 Å². The second-order valence-corrected chi connectivity index (χ2v) is 8.34. The van der Waals surface area contributed by atoms with Crippen molar-refractivity contribution in [3.63, 3.8) is 0 Å². The SMILES string of the molecule is CC1CN(Cc2cccc3c2CN(C2CCC(=O)NC2=O)C3=O)CCC1CN. The van der Waals surface area contributed by atoms with Crippen molar-refractivity contribution < 1.29 is 14.4 Å². The number of hydrogen-bond donors (Lipinski definition) is 2. The van der Waals surface area contributed by atoms with E-state index in [1.54, 1.807) is 4.90 Å². The lowest BCUT2D eigenvalue weighted by Gasteiger charge is -2.36. The molecule has 0 radical (unpaired) electrons. The summed E-state index contributed by atoms with van der Waals surface area (Å²) in [4.78, 5) is 40.7.